The number of hydrogen-bond acceptors (Lipinski definition) is 3. The third kappa shape index (κ3) is 4.39. The monoisotopic (exact) mass is 267 g/mol. The molecule has 1 aromatic carbocycles. The molecule has 5 heteroatoms. The highest BCUT2D eigenvalue weighted by molar-refractivity contribution is 5.85. The van der Waals surface area contributed by atoms with Gasteiger partial charge >= 0.3 is 0 Å². The smallest absolute Gasteiger partial charge is 0.147 e. The summed E-state index contributed by atoms with van der Waals surface area (Å²) in [4.78, 5) is 0. The first-order valence-electron chi connectivity index (χ1n) is 5.80. The zero-order chi connectivity index (χ0) is 11.9. The number of hydrogen-bond donors (Lipinski definition) is 2. The van der Waals surface area contributed by atoms with E-state index in [0.717, 1.165) is 18.8 Å². The number of nitrogens with zero attached hydrogens (tertiary/aromatic N) is 2. The van der Waals surface area contributed by atoms with Crippen molar-refractivity contribution in [2.75, 3.05) is 18.5 Å². The first kappa shape index (κ1) is 14.5. The van der Waals surface area contributed by atoms with Gasteiger partial charge in [0.15, 0.2) is 0 Å². The molecular formula is C13H18ClN3O. The van der Waals surface area contributed by atoms with E-state index in [1.807, 2.05) is 30.5 Å². The van der Waals surface area contributed by atoms with Gasteiger partial charge in [-0.15, -0.1) is 12.4 Å². The maximum absolute atomic E-state index is 8.77. The van der Waals surface area contributed by atoms with Gasteiger partial charge in [0.1, 0.15) is 5.82 Å². The van der Waals surface area contributed by atoms with E-state index >= 15 is 0 Å². The number of rotatable bonds is 6. The van der Waals surface area contributed by atoms with Gasteiger partial charge < -0.3 is 10.4 Å². The van der Waals surface area contributed by atoms with Gasteiger partial charge in [0.2, 0.25) is 0 Å². The second-order valence-corrected chi connectivity index (χ2v) is 3.85. The van der Waals surface area contributed by atoms with E-state index in [4.69, 9.17) is 5.11 Å². The van der Waals surface area contributed by atoms with Gasteiger partial charge in [-0.25, -0.2) is 0 Å². The van der Waals surface area contributed by atoms with Gasteiger partial charge in [0.25, 0.3) is 0 Å². The molecule has 0 fully saturated rings. The minimum Gasteiger partial charge on any atom is -0.394 e. The molecule has 18 heavy (non-hydrogen) atoms. The Bertz CT molecular complexity index is 445. The molecule has 0 saturated carbocycles. The Morgan fingerprint density at radius 3 is 2.67 bits per heavy atom. The fourth-order valence-corrected chi connectivity index (χ4v) is 1.66. The molecule has 0 radical (unpaired) electrons. The van der Waals surface area contributed by atoms with Gasteiger partial charge in [-0.2, -0.15) is 5.10 Å². The van der Waals surface area contributed by atoms with E-state index in [1.165, 1.54) is 5.56 Å². The van der Waals surface area contributed by atoms with Crippen LogP contribution < -0.4 is 5.32 Å². The highest BCUT2D eigenvalue weighted by Gasteiger charge is 1.97. The Balaban J connectivity index is 0.00000162. The average Bonchev–Trinajstić information content (AvgIpc) is 2.79. The number of benzene rings is 1. The molecule has 2 N–H and O–H groups in total. The molecule has 0 atom stereocenters. The van der Waals surface area contributed by atoms with E-state index in [1.54, 1.807) is 4.68 Å². The molecule has 4 nitrogen and oxygen atoms in total. The summed E-state index contributed by atoms with van der Waals surface area (Å²) >= 11 is 0. The molecular weight excluding hydrogens is 250 g/mol. The van der Waals surface area contributed by atoms with Crippen LogP contribution in [0, 0.1) is 0 Å². The van der Waals surface area contributed by atoms with Crippen LogP contribution in [0.15, 0.2) is 42.6 Å². The van der Waals surface area contributed by atoms with Crippen molar-refractivity contribution in [1.82, 2.24) is 9.78 Å². The quantitative estimate of drug-likeness (QED) is 0.841. The third-order valence-corrected chi connectivity index (χ3v) is 2.53. The van der Waals surface area contributed by atoms with Crippen LogP contribution in [-0.4, -0.2) is 28.0 Å². The number of nitrogens with one attached hydrogen (secondary N) is 1. The molecule has 0 spiro atoms. The maximum atomic E-state index is 8.77. The van der Waals surface area contributed by atoms with Gasteiger partial charge in [-0.05, 0) is 12.0 Å². The zero-order valence-electron chi connectivity index (χ0n) is 10.1. The van der Waals surface area contributed by atoms with Crippen LogP contribution in [-0.2, 0) is 13.0 Å². The number of anilines is 1. The standard InChI is InChI=1S/C13H17N3O.ClH/c17-11-10-16-9-7-13(15-16)14-8-6-12-4-2-1-3-5-12;/h1-5,7,9,17H,6,8,10-11H2,(H,14,15);1H. The summed E-state index contributed by atoms with van der Waals surface area (Å²) in [5, 5.41) is 16.3. The van der Waals surface area contributed by atoms with Crippen LogP contribution in [0.25, 0.3) is 0 Å². The second kappa shape index (κ2) is 7.74. The summed E-state index contributed by atoms with van der Waals surface area (Å²) in [6.07, 6.45) is 2.84. The molecule has 0 bridgehead atoms. The van der Waals surface area contributed by atoms with Crippen LogP contribution in [0.3, 0.4) is 0 Å². The second-order valence-electron chi connectivity index (χ2n) is 3.85. The largest absolute Gasteiger partial charge is 0.394 e. The molecule has 2 rings (SSSR count). The Morgan fingerprint density at radius 1 is 1.17 bits per heavy atom. The van der Waals surface area contributed by atoms with Crippen LogP contribution in [0.5, 0.6) is 0 Å². The van der Waals surface area contributed by atoms with Crippen LogP contribution in [0.1, 0.15) is 5.56 Å². The normalized spacial score (nSPS) is 9.83. The van der Waals surface area contributed by atoms with Crippen molar-refractivity contribution in [2.24, 2.45) is 0 Å². The molecule has 98 valence electrons. The third-order valence-electron chi connectivity index (χ3n) is 2.53. The minimum atomic E-state index is 0. The topological polar surface area (TPSA) is 50.1 Å². The van der Waals surface area contributed by atoms with Crippen molar-refractivity contribution in [3.05, 3.63) is 48.2 Å². The van der Waals surface area contributed by atoms with Gasteiger partial charge in [0.05, 0.1) is 13.2 Å². The van der Waals surface area contributed by atoms with Crippen molar-refractivity contribution in [2.45, 2.75) is 13.0 Å². The molecule has 0 aliphatic rings. The van der Waals surface area contributed by atoms with Crippen molar-refractivity contribution >= 4 is 18.2 Å². The number of aromatic nitrogens is 2. The number of aliphatic hydroxyl groups is 1. The Morgan fingerprint density at radius 2 is 1.94 bits per heavy atom. The number of aliphatic hydroxyl groups excluding tert-OH is 1. The SMILES string of the molecule is Cl.OCCn1ccc(NCCc2ccccc2)n1. The van der Waals surface area contributed by atoms with Crippen molar-refractivity contribution in [3.8, 4) is 0 Å². The fourth-order valence-electron chi connectivity index (χ4n) is 1.66. The maximum Gasteiger partial charge on any atom is 0.147 e. The van der Waals surface area contributed by atoms with E-state index in [2.05, 4.69) is 22.5 Å². The highest BCUT2D eigenvalue weighted by Crippen LogP contribution is 2.04. The molecule has 1 heterocycles. The van der Waals surface area contributed by atoms with Gasteiger partial charge in [-0.3, -0.25) is 4.68 Å². The van der Waals surface area contributed by atoms with E-state index in [9.17, 15) is 0 Å². The Hall–Kier alpha value is -1.52. The predicted octanol–water partition coefficient (Wildman–Crippen LogP) is 1.95. The minimum absolute atomic E-state index is 0. The molecule has 0 amide bonds. The van der Waals surface area contributed by atoms with Crippen LogP contribution in [0.2, 0.25) is 0 Å². The first-order valence-corrected chi connectivity index (χ1v) is 5.80. The summed E-state index contributed by atoms with van der Waals surface area (Å²) in [5.74, 6) is 0.856. The van der Waals surface area contributed by atoms with Crippen molar-refractivity contribution in [3.63, 3.8) is 0 Å². The Kier molecular flexibility index (Phi) is 6.25. The van der Waals surface area contributed by atoms with Crippen LogP contribution >= 0.6 is 12.4 Å². The average molecular weight is 268 g/mol. The lowest BCUT2D eigenvalue weighted by Gasteiger charge is -2.03. The molecule has 0 saturated heterocycles. The lowest BCUT2D eigenvalue weighted by Crippen LogP contribution is -2.07. The lowest BCUT2D eigenvalue weighted by molar-refractivity contribution is 0.269. The summed E-state index contributed by atoms with van der Waals surface area (Å²) in [6, 6.07) is 12.3. The predicted molar refractivity (Wildman–Crippen MR) is 75.2 cm³/mol. The fraction of sp³-hybridized carbons (Fsp3) is 0.308. The van der Waals surface area contributed by atoms with E-state index in [0.29, 0.717) is 6.54 Å². The zero-order valence-corrected chi connectivity index (χ0v) is 10.9. The van der Waals surface area contributed by atoms with Gasteiger partial charge in [-0.1, -0.05) is 30.3 Å². The molecule has 0 unspecified atom stereocenters. The highest BCUT2D eigenvalue weighted by atomic mass is 35.5. The first-order chi connectivity index (χ1) is 8.38. The number of halogens is 1. The van der Waals surface area contributed by atoms with Crippen molar-refractivity contribution < 1.29 is 5.11 Å². The molecule has 0 aliphatic heterocycles. The van der Waals surface area contributed by atoms with Gasteiger partial charge in [0, 0.05) is 18.8 Å². The van der Waals surface area contributed by atoms with Crippen molar-refractivity contribution in [1.29, 1.82) is 0 Å². The lowest BCUT2D eigenvalue weighted by atomic mass is 10.1. The summed E-state index contributed by atoms with van der Waals surface area (Å²) in [7, 11) is 0. The summed E-state index contributed by atoms with van der Waals surface area (Å²) in [5.41, 5.74) is 1.31. The van der Waals surface area contributed by atoms with E-state index < -0.39 is 0 Å². The molecule has 1 aromatic heterocycles. The Labute approximate surface area is 113 Å². The summed E-state index contributed by atoms with van der Waals surface area (Å²) < 4.78 is 1.73. The molecule has 2 aromatic rings. The van der Waals surface area contributed by atoms with Crippen LogP contribution in [0.4, 0.5) is 5.82 Å². The summed E-state index contributed by atoms with van der Waals surface area (Å²) in [6.45, 7) is 1.52. The molecule has 0 aliphatic carbocycles. The van der Waals surface area contributed by atoms with E-state index in [-0.39, 0.29) is 19.0 Å².